The number of rotatable bonds is 2. The number of halogens is 2. The average Bonchev–Trinajstić information content (AvgIpc) is 2.67. The SMILES string of the molecule is O=C1NC2(CCOCC2)C(=O)N1Cc1cnc(Cl)cc1Cl. The Morgan fingerprint density at radius 2 is 2.05 bits per heavy atom. The highest BCUT2D eigenvalue weighted by Crippen LogP contribution is 2.30. The molecular weight excluding hydrogens is 317 g/mol. The molecule has 112 valence electrons. The highest BCUT2D eigenvalue weighted by atomic mass is 35.5. The second-order valence-electron chi connectivity index (χ2n) is 5.11. The van der Waals surface area contributed by atoms with Crippen LogP contribution in [0.2, 0.25) is 10.2 Å². The van der Waals surface area contributed by atoms with Crippen LogP contribution in [0.4, 0.5) is 4.79 Å². The Morgan fingerprint density at radius 3 is 2.71 bits per heavy atom. The van der Waals surface area contributed by atoms with E-state index in [0.29, 0.717) is 36.6 Å². The molecule has 3 heterocycles. The van der Waals surface area contributed by atoms with Gasteiger partial charge in [-0.1, -0.05) is 23.2 Å². The number of pyridine rings is 1. The third kappa shape index (κ3) is 2.59. The molecule has 0 aromatic carbocycles. The molecule has 1 aromatic heterocycles. The number of amides is 3. The highest BCUT2D eigenvalue weighted by Gasteiger charge is 2.51. The zero-order valence-electron chi connectivity index (χ0n) is 11.1. The Hall–Kier alpha value is -1.37. The number of nitrogens with one attached hydrogen (secondary N) is 1. The fraction of sp³-hybridized carbons (Fsp3) is 0.462. The number of ether oxygens (including phenoxy) is 1. The summed E-state index contributed by atoms with van der Waals surface area (Å²) in [6, 6.07) is 1.08. The van der Waals surface area contributed by atoms with E-state index in [2.05, 4.69) is 10.3 Å². The molecule has 6 nitrogen and oxygen atoms in total. The van der Waals surface area contributed by atoms with Crippen LogP contribution in [0, 0.1) is 0 Å². The van der Waals surface area contributed by atoms with Crippen LogP contribution in [-0.4, -0.2) is 40.6 Å². The number of imide groups is 1. The lowest BCUT2D eigenvalue weighted by Gasteiger charge is -2.30. The van der Waals surface area contributed by atoms with E-state index in [4.69, 9.17) is 27.9 Å². The third-order valence-electron chi connectivity index (χ3n) is 3.82. The molecule has 0 atom stereocenters. The summed E-state index contributed by atoms with van der Waals surface area (Å²) in [4.78, 5) is 29.8. The fourth-order valence-corrected chi connectivity index (χ4v) is 3.03. The van der Waals surface area contributed by atoms with Crippen molar-refractivity contribution in [1.82, 2.24) is 15.2 Å². The maximum Gasteiger partial charge on any atom is 0.325 e. The van der Waals surface area contributed by atoms with E-state index in [1.54, 1.807) is 0 Å². The van der Waals surface area contributed by atoms with Gasteiger partial charge in [0.2, 0.25) is 0 Å². The van der Waals surface area contributed by atoms with Gasteiger partial charge >= 0.3 is 6.03 Å². The first kappa shape index (κ1) is 14.6. The van der Waals surface area contributed by atoms with Crippen LogP contribution in [0.15, 0.2) is 12.3 Å². The summed E-state index contributed by atoms with van der Waals surface area (Å²) in [5.41, 5.74) is -0.254. The standard InChI is InChI=1S/C13H13Cl2N3O3/c14-9-5-10(15)16-6-8(9)7-18-11(19)13(17-12(18)20)1-3-21-4-2-13/h5-6H,1-4,7H2,(H,17,20). The monoisotopic (exact) mass is 329 g/mol. The van der Waals surface area contributed by atoms with Gasteiger partial charge in [0.25, 0.3) is 5.91 Å². The van der Waals surface area contributed by atoms with Gasteiger partial charge < -0.3 is 10.1 Å². The van der Waals surface area contributed by atoms with Gasteiger partial charge in [0, 0.05) is 37.8 Å². The number of carbonyl (C=O) groups is 2. The zero-order chi connectivity index (χ0) is 15.0. The number of aromatic nitrogens is 1. The predicted molar refractivity (Wildman–Crippen MR) is 76.1 cm³/mol. The Kier molecular flexibility index (Phi) is 3.77. The van der Waals surface area contributed by atoms with Crippen LogP contribution in [0.3, 0.4) is 0 Å². The maximum absolute atomic E-state index is 12.6. The summed E-state index contributed by atoms with van der Waals surface area (Å²) in [5, 5.41) is 3.43. The van der Waals surface area contributed by atoms with Crippen molar-refractivity contribution in [2.45, 2.75) is 24.9 Å². The number of nitrogens with zero attached hydrogens (tertiary/aromatic N) is 2. The summed E-state index contributed by atoms with van der Waals surface area (Å²) in [5.74, 6) is -0.234. The molecule has 2 aliphatic rings. The first-order valence-electron chi connectivity index (χ1n) is 6.54. The Labute approximate surface area is 131 Å². The van der Waals surface area contributed by atoms with Crippen molar-refractivity contribution in [3.63, 3.8) is 0 Å². The van der Waals surface area contributed by atoms with Gasteiger partial charge in [-0.2, -0.15) is 0 Å². The van der Waals surface area contributed by atoms with Crippen LogP contribution in [0.25, 0.3) is 0 Å². The van der Waals surface area contributed by atoms with Crippen molar-refractivity contribution >= 4 is 35.1 Å². The van der Waals surface area contributed by atoms with Gasteiger partial charge in [0.15, 0.2) is 0 Å². The van der Waals surface area contributed by atoms with Crippen molar-refractivity contribution in [2.75, 3.05) is 13.2 Å². The van der Waals surface area contributed by atoms with E-state index in [-0.39, 0.29) is 17.6 Å². The second-order valence-corrected chi connectivity index (χ2v) is 5.91. The number of hydrogen-bond donors (Lipinski definition) is 1. The van der Waals surface area contributed by atoms with E-state index in [1.165, 1.54) is 17.2 Å². The lowest BCUT2D eigenvalue weighted by atomic mass is 9.90. The minimum atomic E-state index is -0.832. The van der Waals surface area contributed by atoms with E-state index in [9.17, 15) is 9.59 Å². The van der Waals surface area contributed by atoms with E-state index in [1.807, 2.05) is 0 Å². The summed E-state index contributed by atoms with van der Waals surface area (Å²) in [6.45, 7) is 1.00. The minimum absolute atomic E-state index is 0.0796. The molecule has 3 rings (SSSR count). The molecule has 21 heavy (non-hydrogen) atoms. The van der Waals surface area contributed by atoms with E-state index < -0.39 is 11.6 Å². The normalized spacial score (nSPS) is 21.0. The molecule has 2 fully saturated rings. The first-order valence-corrected chi connectivity index (χ1v) is 7.29. The first-order chi connectivity index (χ1) is 10.0. The average molecular weight is 330 g/mol. The predicted octanol–water partition coefficient (Wildman–Crippen LogP) is 1.99. The quantitative estimate of drug-likeness (QED) is 0.665. The molecule has 3 amide bonds. The largest absolute Gasteiger partial charge is 0.381 e. The summed E-state index contributed by atoms with van der Waals surface area (Å²) in [6.07, 6.45) is 2.45. The molecule has 2 aliphatic heterocycles. The van der Waals surface area contributed by atoms with E-state index >= 15 is 0 Å². The maximum atomic E-state index is 12.6. The summed E-state index contributed by atoms with van der Waals surface area (Å²) in [7, 11) is 0. The minimum Gasteiger partial charge on any atom is -0.381 e. The number of urea groups is 1. The van der Waals surface area contributed by atoms with Gasteiger partial charge in [0.05, 0.1) is 11.6 Å². The molecule has 0 unspecified atom stereocenters. The lowest BCUT2D eigenvalue weighted by Crippen LogP contribution is -2.51. The smallest absolute Gasteiger partial charge is 0.325 e. The van der Waals surface area contributed by atoms with Crippen molar-refractivity contribution in [3.8, 4) is 0 Å². The fourth-order valence-electron chi connectivity index (χ4n) is 2.60. The summed E-state index contributed by atoms with van der Waals surface area (Å²) < 4.78 is 5.26. The lowest BCUT2D eigenvalue weighted by molar-refractivity contribution is -0.134. The van der Waals surface area contributed by atoms with Gasteiger partial charge in [-0.25, -0.2) is 9.78 Å². The molecular formula is C13H13Cl2N3O3. The van der Waals surface area contributed by atoms with Crippen LogP contribution >= 0.6 is 23.2 Å². The third-order valence-corrected chi connectivity index (χ3v) is 4.38. The molecule has 0 saturated carbocycles. The Balaban J connectivity index is 1.82. The van der Waals surface area contributed by atoms with Crippen molar-refractivity contribution < 1.29 is 14.3 Å². The molecule has 1 spiro atoms. The van der Waals surface area contributed by atoms with Crippen LogP contribution in [0.1, 0.15) is 18.4 Å². The highest BCUT2D eigenvalue weighted by molar-refractivity contribution is 6.34. The van der Waals surface area contributed by atoms with E-state index in [0.717, 1.165) is 0 Å². The van der Waals surface area contributed by atoms with Crippen LogP contribution < -0.4 is 5.32 Å². The van der Waals surface area contributed by atoms with Gasteiger partial charge in [0.1, 0.15) is 10.7 Å². The van der Waals surface area contributed by atoms with Crippen molar-refractivity contribution in [2.24, 2.45) is 0 Å². The van der Waals surface area contributed by atoms with Crippen LogP contribution in [-0.2, 0) is 16.1 Å². The van der Waals surface area contributed by atoms with Crippen molar-refractivity contribution in [1.29, 1.82) is 0 Å². The van der Waals surface area contributed by atoms with Crippen molar-refractivity contribution in [3.05, 3.63) is 28.0 Å². The summed E-state index contributed by atoms with van der Waals surface area (Å²) >= 11 is 11.8. The topological polar surface area (TPSA) is 71.5 Å². The van der Waals surface area contributed by atoms with Gasteiger partial charge in [-0.15, -0.1) is 0 Å². The number of hydrogen-bond acceptors (Lipinski definition) is 4. The number of carbonyl (C=O) groups excluding carboxylic acids is 2. The van der Waals surface area contributed by atoms with Gasteiger partial charge in [-0.05, 0) is 6.07 Å². The Morgan fingerprint density at radius 1 is 1.33 bits per heavy atom. The molecule has 1 N–H and O–H groups in total. The van der Waals surface area contributed by atoms with Gasteiger partial charge in [-0.3, -0.25) is 9.69 Å². The Bertz CT molecular complexity index is 602. The molecule has 0 aliphatic carbocycles. The molecule has 0 radical (unpaired) electrons. The molecule has 2 saturated heterocycles. The molecule has 8 heteroatoms. The molecule has 0 bridgehead atoms. The zero-order valence-corrected chi connectivity index (χ0v) is 12.6. The second kappa shape index (κ2) is 5.44. The van der Waals surface area contributed by atoms with Crippen LogP contribution in [0.5, 0.6) is 0 Å². The molecule has 1 aromatic rings.